The third-order valence-corrected chi connectivity index (χ3v) is 7.25. The number of carboxylic acids is 2. The number of carbonyl (C=O) groups is 2. The van der Waals surface area contributed by atoms with Crippen molar-refractivity contribution in [3.63, 3.8) is 0 Å². The van der Waals surface area contributed by atoms with E-state index in [-0.39, 0.29) is 0 Å². The van der Waals surface area contributed by atoms with Crippen molar-refractivity contribution in [2.45, 2.75) is 150 Å². The Bertz CT molecular complexity index is 410. The molecule has 0 atom stereocenters. The Labute approximate surface area is 192 Å². The Balaban J connectivity index is 5.36. The molecule has 0 saturated heterocycles. The van der Waals surface area contributed by atoms with Gasteiger partial charge < -0.3 is 10.2 Å². The van der Waals surface area contributed by atoms with Gasteiger partial charge in [0, 0.05) is 0 Å². The summed E-state index contributed by atoms with van der Waals surface area (Å²) >= 11 is 0. The van der Waals surface area contributed by atoms with Crippen LogP contribution in [-0.2, 0) is 9.59 Å². The molecule has 0 bridgehead atoms. The van der Waals surface area contributed by atoms with Gasteiger partial charge >= 0.3 is 11.9 Å². The molecule has 0 aromatic carbocycles. The van der Waals surface area contributed by atoms with Crippen molar-refractivity contribution in [2.75, 3.05) is 0 Å². The van der Waals surface area contributed by atoms with Crippen molar-refractivity contribution in [3.8, 4) is 0 Å². The van der Waals surface area contributed by atoms with E-state index in [0.717, 1.165) is 103 Å². The topological polar surface area (TPSA) is 74.6 Å². The Hall–Kier alpha value is -1.06. The van der Waals surface area contributed by atoms with E-state index in [1.54, 1.807) is 0 Å². The van der Waals surface area contributed by atoms with Crippen LogP contribution in [0.2, 0.25) is 0 Å². The van der Waals surface area contributed by atoms with Crippen molar-refractivity contribution in [1.29, 1.82) is 0 Å². The monoisotopic (exact) mass is 440 g/mol. The Morgan fingerprint density at radius 2 is 0.677 bits per heavy atom. The van der Waals surface area contributed by atoms with Crippen LogP contribution in [0.5, 0.6) is 0 Å². The summed E-state index contributed by atoms with van der Waals surface area (Å²) in [6.45, 7) is 8.58. The molecule has 0 aliphatic carbocycles. The van der Waals surface area contributed by atoms with Gasteiger partial charge in [0.2, 0.25) is 0 Å². The maximum Gasteiger partial charge on any atom is 0.309 e. The quantitative estimate of drug-likeness (QED) is 0.165. The first-order valence-electron chi connectivity index (χ1n) is 13.3. The van der Waals surface area contributed by atoms with Crippen LogP contribution in [0.4, 0.5) is 0 Å². The predicted molar refractivity (Wildman–Crippen MR) is 131 cm³/mol. The SMILES string of the molecule is CCCCCC(CCCCC)(CCCC(CCCCC)(CCCCC)C(=O)O)C(=O)O. The van der Waals surface area contributed by atoms with Gasteiger partial charge in [-0.25, -0.2) is 0 Å². The first-order chi connectivity index (χ1) is 14.8. The highest BCUT2D eigenvalue weighted by Crippen LogP contribution is 2.42. The van der Waals surface area contributed by atoms with Gasteiger partial charge in [0.15, 0.2) is 0 Å². The lowest BCUT2D eigenvalue weighted by Gasteiger charge is -2.34. The molecule has 2 N–H and O–H groups in total. The first-order valence-corrected chi connectivity index (χ1v) is 13.3. The summed E-state index contributed by atoms with van der Waals surface area (Å²) in [6, 6.07) is 0. The molecule has 0 aromatic rings. The molecule has 4 heteroatoms. The fourth-order valence-electron chi connectivity index (χ4n) is 5.01. The summed E-state index contributed by atoms with van der Waals surface area (Å²) in [4.78, 5) is 24.8. The summed E-state index contributed by atoms with van der Waals surface area (Å²) < 4.78 is 0. The van der Waals surface area contributed by atoms with Crippen molar-refractivity contribution >= 4 is 11.9 Å². The molecule has 0 amide bonds. The molecular formula is C27H52O4. The zero-order valence-corrected chi connectivity index (χ0v) is 21.1. The van der Waals surface area contributed by atoms with Gasteiger partial charge in [-0.3, -0.25) is 9.59 Å². The molecule has 4 nitrogen and oxygen atoms in total. The number of rotatable bonds is 22. The van der Waals surface area contributed by atoms with E-state index >= 15 is 0 Å². The van der Waals surface area contributed by atoms with Crippen molar-refractivity contribution in [3.05, 3.63) is 0 Å². The zero-order valence-electron chi connectivity index (χ0n) is 21.1. The minimum Gasteiger partial charge on any atom is -0.481 e. The molecule has 31 heavy (non-hydrogen) atoms. The minimum atomic E-state index is -0.679. The molecule has 0 radical (unpaired) electrons. The van der Waals surface area contributed by atoms with Crippen molar-refractivity contribution in [2.24, 2.45) is 10.8 Å². The van der Waals surface area contributed by atoms with Crippen LogP contribution in [-0.4, -0.2) is 22.2 Å². The average Bonchev–Trinajstić information content (AvgIpc) is 2.73. The van der Waals surface area contributed by atoms with Crippen LogP contribution in [0.3, 0.4) is 0 Å². The van der Waals surface area contributed by atoms with E-state index in [1.807, 2.05) is 0 Å². The van der Waals surface area contributed by atoms with Gasteiger partial charge in [-0.05, 0) is 38.5 Å². The van der Waals surface area contributed by atoms with Gasteiger partial charge in [-0.2, -0.15) is 0 Å². The molecule has 0 unspecified atom stereocenters. The predicted octanol–water partition coefficient (Wildman–Crippen LogP) is 8.62. The third-order valence-electron chi connectivity index (χ3n) is 7.25. The number of unbranched alkanes of at least 4 members (excludes halogenated alkanes) is 8. The second-order valence-corrected chi connectivity index (χ2v) is 9.85. The third kappa shape index (κ3) is 11.4. The van der Waals surface area contributed by atoms with Gasteiger partial charge in [0.1, 0.15) is 0 Å². The summed E-state index contributed by atoms with van der Waals surface area (Å²) in [5.74, 6) is -1.34. The number of hydrogen-bond acceptors (Lipinski definition) is 2. The smallest absolute Gasteiger partial charge is 0.309 e. The molecule has 0 aliphatic heterocycles. The zero-order chi connectivity index (χ0) is 23.6. The highest BCUT2D eigenvalue weighted by Gasteiger charge is 2.40. The summed E-state index contributed by atoms with van der Waals surface area (Å²) in [7, 11) is 0. The molecule has 0 aliphatic rings. The maximum atomic E-state index is 12.4. The normalized spacial score (nSPS) is 12.3. The van der Waals surface area contributed by atoms with Crippen LogP contribution < -0.4 is 0 Å². The lowest BCUT2D eigenvalue weighted by atomic mass is 9.70. The Morgan fingerprint density at radius 3 is 0.871 bits per heavy atom. The molecule has 0 rings (SSSR count). The van der Waals surface area contributed by atoms with Crippen LogP contribution in [0, 0.1) is 10.8 Å². The molecule has 0 aromatic heterocycles. The number of carboxylic acid groups (broad SMARTS) is 2. The van der Waals surface area contributed by atoms with Crippen LogP contribution in [0.15, 0.2) is 0 Å². The average molecular weight is 441 g/mol. The Morgan fingerprint density at radius 1 is 0.452 bits per heavy atom. The van der Waals surface area contributed by atoms with E-state index in [1.165, 1.54) is 0 Å². The number of hydrogen-bond donors (Lipinski definition) is 2. The van der Waals surface area contributed by atoms with Crippen molar-refractivity contribution in [1.82, 2.24) is 0 Å². The van der Waals surface area contributed by atoms with Crippen LogP contribution in [0.25, 0.3) is 0 Å². The summed E-state index contributed by atoms with van der Waals surface area (Å²) in [5.41, 5.74) is -1.36. The van der Waals surface area contributed by atoms with Gasteiger partial charge in [-0.1, -0.05) is 111 Å². The maximum absolute atomic E-state index is 12.4. The lowest BCUT2D eigenvalue weighted by Crippen LogP contribution is -2.34. The molecular weight excluding hydrogens is 388 g/mol. The largest absolute Gasteiger partial charge is 0.481 e. The number of aliphatic carboxylic acids is 2. The highest BCUT2D eigenvalue weighted by atomic mass is 16.4. The van der Waals surface area contributed by atoms with E-state index in [2.05, 4.69) is 27.7 Å². The van der Waals surface area contributed by atoms with E-state index in [9.17, 15) is 19.8 Å². The van der Waals surface area contributed by atoms with Gasteiger partial charge in [0.05, 0.1) is 10.8 Å². The molecule has 0 fully saturated rings. The van der Waals surface area contributed by atoms with Gasteiger partial charge in [0.25, 0.3) is 0 Å². The molecule has 184 valence electrons. The van der Waals surface area contributed by atoms with Crippen LogP contribution in [0.1, 0.15) is 150 Å². The van der Waals surface area contributed by atoms with Gasteiger partial charge in [-0.15, -0.1) is 0 Å². The fraction of sp³-hybridized carbons (Fsp3) is 0.926. The molecule has 0 spiro atoms. The van der Waals surface area contributed by atoms with Crippen molar-refractivity contribution < 1.29 is 19.8 Å². The highest BCUT2D eigenvalue weighted by molar-refractivity contribution is 5.75. The summed E-state index contributed by atoms with van der Waals surface area (Å²) in [5, 5.41) is 20.4. The molecule has 0 heterocycles. The minimum absolute atomic E-state index is 0.617. The van der Waals surface area contributed by atoms with E-state index in [0.29, 0.717) is 19.3 Å². The van der Waals surface area contributed by atoms with E-state index in [4.69, 9.17) is 0 Å². The first kappa shape index (κ1) is 29.9. The lowest BCUT2D eigenvalue weighted by molar-refractivity contribution is -0.152. The standard InChI is InChI=1S/C27H52O4/c1-5-9-13-18-26(24(28)29,19-14-10-6-2)22-17-23-27(25(30)31,20-15-11-7-3)21-16-12-8-4/h5-23H2,1-4H3,(H,28,29)(H,30,31). The van der Waals surface area contributed by atoms with E-state index < -0.39 is 22.8 Å². The second kappa shape index (κ2) is 17.5. The van der Waals surface area contributed by atoms with Crippen LogP contribution >= 0.6 is 0 Å². The second-order valence-electron chi connectivity index (χ2n) is 9.85. The fourth-order valence-corrected chi connectivity index (χ4v) is 5.01. The summed E-state index contributed by atoms with van der Waals surface area (Å²) in [6.07, 6.45) is 17.3. The molecule has 0 saturated carbocycles. The Kier molecular flexibility index (Phi) is 16.9.